The van der Waals surface area contributed by atoms with E-state index in [-0.39, 0.29) is 5.91 Å². The van der Waals surface area contributed by atoms with Crippen LogP contribution in [0.4, 0.5) is 11.4 Å². The Morgan fingerprint density at radius 2 is 2.13 bits per heavy atom. The van der Waals surface area contributed by atoms with Gasteiger partial charge in [-0.2, -0.15) is 0 Å². The Morgan fingerprint density at radius 1 is 1.40 bits per heavy atom. The van der Waals surface area contributed by atoms with Gasteiger partial charge in [-0.25, -0.2) is 0 Å². The maximum atomic E-state index is 10.6. The Bertz CT molecular complexity index is 350. The van der Waals surface area contributed by atoms with Crippen LogP contribution in [0.25, 0.3) is 0 Å². The van der Waals surface area contributed by atoms with Gasteiger partial charge in [0.1, 0.15) is 0 Å². The van der Waals surface area contributed by atoms with E-state index < -0.39 is 0 Å². The maximum absolute atomic E-state index is 10.6. The first-order chi connectivity index (χ1) is 7.09. The van der Waals surface area contributed by atoms with Crippen LogP contribution in [0, 0.1) is 6.92 Å². The molecule has 0 radical (unpaired) electrons. The molecule has 1 aromatic rings. The number of amides is 1. The minimum absolute atomic E-state index is 0.0194. The van der Waals surface area contributed by atoms with E-state index in [2.05, 4.69) is 10.6 Å². The maximum Gasteiger partial charge on any atom is 0.216 e. The zero-order valence-corrected chi connectivity index (χ0v) is 9.13. The van der Waals surface area contributed by atoms with Crippen LogP contribution in [0.5, 0.6) is 0 Å². The molecule has 15 heavy (non-hydrogen) atoms. The topological polar surface area (TPSA) is 67.2 Å². The first-order valence-electron chi connectivity index (χ1n) is 4.94. The number of carbonyl (C=O) groups excluding carboxylic acids is 1. The van der Waals surface area contributed by atoms with E-state index >= 15 is 0 Å². The van der Waals surface area contributed by atoms with Gasteiger partial charge in [-0.3, -0.25) is 4.79 Å². The van der Waals surface area contributed by atoms with E-state index in [4.69, 9.17) is 5.73 Å². The number of hydrogen-bond donors (Lipinski definition) is 3. The van der Waals surface area contributed by atoms with Crippen molar-refractivity contribution in [2.45, 2.75) is 13.8 Å². The number of nitrogens with one attached hydrogen (secondary N) is 2. The average molecular weight is 207 g/mol. The molecule has 0 fully saturated rings. The highest BCUT2D eigenvalue weighted by Gasteiger charge is 1.98. The molecule has 1 amide bonds. The summed E-state index contributed by atoms with van der Waals surface area (Å²) in [5.41, 5.74) is 8.58. The molecule has 0 atom stereocenters. The average Bonchev–Trinajstić information content (AvgIpc) is 2.17. The lowest BCUT2D eigenvalue weighted by molar-refractivity contribution is -0.118. The van der Waals surface area contributed by atoms with Crippen molar-refractivity contribution in [1.82, 2.24) is 5.32 Å². The van der Waals surface area contributed by atoms with Gasteiger partial charge >= 0.3 is 0 Å². The number of benzene rings is 1. The zero-order chi connectivity index (χ0) is 11.3. The number of rotatable bonds is 4. The number of hydrogen-bond acceptors (Lipinski definition) is 3. The molecule has 0 saturated heterocycles. The monoisotopic (exact) mass is 207 g/mol. The third-order valence-electron chi connectivity index (χ3n) is 2.02. The summed E-state index contributed by atoms with van der Waals surface area (Å²) in [7, 11) is 0. The molecule has 0 aliphatic rings. The van der Waals surface area contributed by atoms with E-state index in [9.17, 15) is 4.79 Å². The Balaban J connectivity index is 2.43. The Kier molecular flexibility index (Phi) is 3.97. The van der Waals surface area contributed by atoms with Gasteiger partial charge in [0.05, 0.1) is 11.4 Å². The summed E-state index contributed by atoms with van der Waals surface area (Å²) in [6.07, 6.45) is 0. The molecule has 4 N–H and O–H groups in total. The molecular formula is C11H17N3O. The predicted molar refractivity (Wildman–Crippen MR) is 62.8 cm³/mol. The van der Waals surface area contributed by atoms with Crippen LogP contribution in [0.2, 0.25) is 0 Å². The van der Waals surface area contributed by atoms with E-state index in [1.807, 2.05) is 25.1 Å². The van der Waals surface area contributed by atoms with Crippen molar-refractivity contribution in [1.29, 1.82) is 0 Å². The molecule has 0 heterocycles. The molecule has 1 aromatic carbocycles. The molecule has 0 spiro atoms. The van der Waals surface area contributed by atoms with Gasteiger partial charge in [0.15, 0.2) is 0 Å². The second-order valence-corrected chi connectivity index (χ2v) is 3.50. The summed E-state index contributed by atoms with van der Waals surface area (Å²) >= 11 is 0. The van der Waals surface area contributed by atoms with Crippen LogP contribution < -0.4 is 16.4 Å². The Labute approximate surface area is 89.9 Å². The summed E-state index contributed by atoms with van der Waals surface area (Å²) < 4.78 is 0. The molecule has 0 saturated carbocycles. The van der Waals surface area contributed by atoms with Crippen LogP contribution in [0.15, 0.2) is 18.2 Å². The van der Waals surface area contributed by atoms with Gasteiger partial charge in [0, 0.05) is 20.0 Å². The quantitative estimate of drug-likeness (QED) is 0.512. The smallest absolute Gasteiger partial charge is 0.216 e. The fourth-order valence-electron chi connectivity index (χ4n) is 1.26. The fraction of sp³-hybridized carbons (Fsp3) is 0.364. The number of carbonyl (C=O) groups is 1. The molecule has 0 bridgehead atoms. The molecule has 0 unspecified atom stereocenters. The fourth-order valence-corrected chi connectivity index (χ4v) is 1.26. The minimum Gasteiger partial charge on any atom is -0.397 e. The summed E-state index contributed by atoms with van der Waals surface area (Å²) in [6, 6.07) is 5.83. The van der Waals surface area contributed by atoms with Gasteiger partial charge in [-0.15, -0.1) is 0 Å². The first-order valence-corrected chi connectivity index (χ1v) is 4.94. The Morgan fingerprint density at radius 3 is 2.80 bits per heavy atom. The second kappa shape index (κ2) is 5.24. The second-order valence-electron chi connectivity index (χ2n) is 3.50. The van der Waals surface area contributed by atoms with Gasteiger partial charge < -0.3 is 16.4 Å². The summed E-state index contributed by atoms with van der Waals surface area (Å²) in [6.45, 7) is 4.79. The third-order valence-corrected chi connectivity index (χ3v) is 2.02. The van der Waals surface area contributed by atoms with Crippen LogP contribution >= 0.6 is 0 Å². The van der Waals surface area contributed by atoms with E-state index in [1.54, 1.807) is 0 Å². The van der Waals surface area contributed by atoms with Crippen LogP contribution in [0.3, 0.4) is 0 Å². The SMILES string of the molecule is CC(=O)NCCNc1cc(C)ccc1N. The van der Waals surface area contributed by atoms with E-state index in [0.717, 1.165) is 16.9 Å². The standard InChI is InChI=1S/C11H17N3O/c1-8-3-4-10(12)11(7-8)14-6-5-13-9(2)15/h3-4,7,14H,5-6,12H2,1-2H3,(H,13,15). The highest BCUT2D eigenvalue weighted by atomic mass is 16.1. The van der Waals surface area contributed by atoms with E-state index in [1.165, 1.54) is 6.92 Å². The van der Waals surface area contributed by atoms with Crippen LogP contribution in [-0.2, 0) is 4.79 Å². The molecule has 0 aromatic heterocycles. The van der Waals surface area contributed by atoms with Crippen molar-refractivity contribution in [2.75, 3.05) is 24.1 Å². The molecule has 4 nitrogen and oxygen atoms in total. The van der Waals surface area contributed by atoms with Gasteiger partial charge in [-0.05, 0) is 24.6 Å². The molecule has 0 aliphatic heterocycles. The van der Waals surface area contributed by atoms with Crippen molar-refractivity contribution in [3.8, 4) is 0 Å². The lowest BCUT2D eigenvalue weighted by atomic mass is 10.2. The van der Waals surface area contributed by atoms with Crippen molar-refractivity contribution in [3.05, 3.63) is 23.8 Å². The molecule has 4 heteroatoms. The lowest BCUT2D eigenvalue weighted by Crippen LogP contribution is -2.26. The van der Waals surface area contributed by atoms with Gasteiger partial charge in [-0.1, -0.05) is 6.07 Å². The van der Waals surface area contributed by atoms with E-state index in [0.29, 0.717) is 13.1 Å². The van der Waals surface area contributed by atoms with Crippen molar-refractivity contribution in [3.63, 3.8) is 0 Å². The minimum atomic E-state index is -0.0194. The predicted octanol–water partition coefficient (Wildman–Crippen LogP) is 1.13. The van der Waals surface area contributed by atoms with Gasteiger partial charge in [0.25, 0.3) is 0 Å². The first kappa shape index (κ1) is 11.4. The summed E-state index contributed by atoms with van der Waals surface area (Å²) in [4.78, 5) is 10.6. The molecular weight excluding hydrogens is 190 g/mol. The molecule has 0 aliphatic carbocycles. The highest BCUT2D eigenvalue weighted by molar-refractivity contribution is 5.73. The van der Waals surface area contributed by atoms with Crippen molar-refractivity contribution < 1.29 is 4.79 Å². The van der Waals surface area contributed by atoms with Crippen LogP contribution in [0.1, 0.15) is 12.5 Å². The Hall–Kier alpha value is -1.71. The van der Waals surface area contributed by atoms with Crippen LogP contribution in [-0.4, -0.2) is 19.0 Å². The number of nitrogens with two attached hydrogens (primary N) is 1. The summed E-state index contributed by atoms with van der Waals surface area (Å²) in [5.74, 6) is -0.0194. The molecule has 82 valence electrons. The van der Waals surface area contributed by atoms with Crippen molar-refractivity contribution >= 4 is 17.3 Å². The normalized spacial score (nSPS) is 9.73. The highest BCUT2D eigenvalue weighted by Crippen LogP contribution is 2.18. The largest absolute Gasteiger partial charge is 0.397 e. The summed E-state index contributed by atoms with van der Waals surface area (Å²) in [5, 5.41) is 5.88. The third kappa shape index (κ3) is 3.89. The molecule has 1 rings (SSSR count). The number of anilines is 2. The lowest BCUT2D eigenvalue weighted by Gasteiger charge is -2.10. The van der Waals surface area contributed by atoms with Gasteiger partial charge in [0.2, 0.25) is 5.91 Å². The number of nitrogen functional groups attached to an aromatic ring is 1. The zero-order valence-electron chi connectivity index (χ0n) is 9.13. The number of aryl methyl sites for hydroxylation is 1. The van der Waals surface area contributed by atoms with Crippen molar-refractivity contribution in [2.24, 2.45) is 0 Å².